The molecule has 60 valence electrons. The summed E-state index contributed by atoms with van der Waals surface area (Å²) in [6.45, 7) is 0. The summed E-state index contributed by atoms with van der Waals surface area (Å²) in [5, 5.41) is 0.941. The molecular formula is C5Br3Cl2N. The van der Waals surface area contributed by atoms with E-state index < -0.39 is 0 Å². The van der Waals surface area contributed by atoms with Crippen LogP contribution in [0.25, 0.3) is 0 Å². The van der Waals surface area contributed by atoms with Gasteiger partial charge < -0.3 is 0 Å². The van der Waals surface area contributed by atoms with Gasteiger partial charge in [-0.25, -0.2) is 4.98 Å². The Balaban J connectivity index is 3.46. The normalized spacial score (nSPS) is 10.3. The van der Waals surface area contributed by atoms with Gasteiger partial charge in [0.2, 0.25) is 0 Å². The minimum atomic E-state index is 0.471. The minimum absolute atomic E-state index is 0.471. The first-order valence-corrected chi connectivity index (χ1v) is 5.53. The first-order valence-electron chi connectivity index (χ1n) is 2.39. The van der Waals surface area contributed by atoms with Crippen LogP contribution >= 0.6 is 71.0 Å². The number of nitrogens with zero attached hydrogens (tertiary/aromatic N) is 1. The smallest absolute Gasteiger partial charge is 0.127 e. The quantitative estimate of drug-likeness (QED) is 0.592. The summed E-state index contributed by atoms with van der Waals surface area (Å²) in [5.74, 6) is 0. The monoisotopic (exact) mass is 381 g/mol. The van der Waals surface area contributed by atoms with Crippen LogP contribution in [0.2, 0.25) is 10.0 Å². The number of hydrogen-bond acceptors (Lipinski definition) is 1. The zero-order valence-corrected chi connectivity index (χ0v) is 11.1. The first kappa shape index (κ1) is 10.3. The van der Waals surface area contributed by atoms with Gasteiger partial charge in [0.1, 0.15) is 9.21 Å². The summed E-state index contributed by atoms with van der Waals surface area (Å²) in [5.41, 5.74) is 0. The molecule has 0 radical (unpaired) electrons. The Morgan fingerprint density at radius 2 is 1.27 bits per heavy atom. The molecule has 0 aliphatic carbocycles. The second-order valence-corrected chi connectivity index (χ2v) is 4.69. The molecule has 0 spiro atoms. The molecule has 6 heteroatoms. The van der Waals surface area contributed by atoms with E-state index in [1.165, 1.54) is 0 Å². The third-order valence-corrected chi connectivity index (χ3v) is 4.53. The van der Waals surface area contributed by atoms with Gasteiger partial charge in [-0.2, -0.15) is 0 Å². The molecule has 0 atom stereocenters. The highest BCUT2D eigenvalue weighted by molar-refractivity contribution is 9.11. The molecule has 0 aromatic carbocycles. The van der Waals surface area contributed by atoms with Crippen LogP contribution in [0.15, 0.2) is 13.7 Å². The van der Waals surface area contributed by atoms with Crippen molar-refractivity contribution in [2.24, 2.45) is 0 Å². The highest BCUT2D eigenvalue weighted by Crippen LogP contribution is 2.38. The molecular weight excluding hydrogens is 385 g/mol. The Bertz CT molecular complexity index is 276. The van der Waals surface area contributed by atoms with Gasteiger partial charge >= 0.3 is 0 Å². The molecule has 11 heavy (non-hydrogen) atoms. The number of hydrogen-bond donors (Lipinski definition) is 0. The first-order chi connectivity index (χ1) is 5.04. The molecule has 0 aliphatic heterocycles. The van der Waals surface area contributed by atoms with E-state index in [-0.39, 0.29) is 0 Å². The molecule has 1 rings (SSSR count). The van der Waals surface area contributed by atoms with Crippen LogP contribution in [0.5, 0.6) is 0 Å². The molecule has 0 fully saturated rings. The largest absolute Gasteiger partial charge is 0.231 e. The maximum absolute atomic E-state index is 5.79. The van der Waals surface area contributed by atoms with E-state index in [2.05, 4.69) is 52.8 Å². The van der Waals surface area contributed by atoms with Crippen molar-refractivity contribution in [1.29, 1.82) is 0 Å². The minimum Gasteiger partial charge on any atom is -0.231 e. The maximum atomic E-state index is 5.79. The van der Waals surface area contributed by atoms with Gasteiger partial charge in [-0.1, -0.05) is 23.2 Å². The van der Waals surface area contributed by atoms with Gasteiger partial charge in [0.05, 0.1) is 14.5 Å². The van der Waals surface area contributed by atoms with Crippen LogP contribution in [0.1, 0.15) is 0 Å². The predicted octanol–water partition coefficient (Wildman–Crippen LogP) is 4.68. The molecule has 1 heterocycles. The third-order valence-electron chi connectivity index (χ3n) is 0.944. The molecule has 0 N–H and O–H groups in total. The molecule has 1 aromatic heterocycles. The zero-order chi connectivity index (χ0) is 8.59. The van der Waals surface area contributed by atoms with Crippen LogP contribution in [0.3, 0.4) is 0 Å². The van der Waals surface area contributed by atoms with Crippen LogP contribution in [-0.4, -0.2) is 4.98 Å². The van der Waals surface area contributed by atoms with Gasteiger partial charge in [0.25, 0.3) is 0 Å². The lowest BCUT2D eigenvalue weighted by Crippen LogP contribution is -1.83. The van der Waals surface area contributed by atoms with Crippen LogP contribution in [0, 0.1) is 0 Å². The summed E-state index contributed by atoms with van der Waals surface area (Å²) < 4.78 is 1.75. The number of pyridine rings is 1. The standard InChI is InChI=1S/C5Br3Cl2N/c6-1-2(9)4(7)11-5(8)3(1)10. The lowest BCUT2D eigenvalue weighted by atomic mass is 10.5. The van der Waals surface area contributed by atoms with E-state index >= 15 is 0 Å². The van der Waals surface area contributed by atoms with Gasteiger partial charge in [-0.05, 0) is 47.8 Å². The Kier molecular flexibility index (Phi) is 3.65. The van der Waals surface area contributed by atoms with E-state index in [0.717, 1.165) is 0 Å². The number of rotatable bonds is 0. The Labute approximate surface area is 98.9 Å². The van der Waals surface area contributed by atoms with Crippen molar-refractivity contribution in [3.8, 4) is 0 Å². The SMILES string of the molecule is Clc1c(Br)nc(Br)c(Cl)c1Br. The highest BCUT2D eigenvalue weighted by atomic mass is 79.9. The van der Waals surface area contributed by atoms with E-state index in [1.54, 1.807) is 0 Å². The molecule has 0 bridgehead atoms. The number of aromatic nitrogens is 1. The predicted molar refractivity (Wildman–Crippen MR) is 57.4 cm³/mol. The van der Waals surface area contributed by atoms with E-state index in [1.807, 2.05) is 0 Å². The van der Waals surface area contributed by atoms with Crippen molar-refractivity contribution in [2.45, 2.75) is 0 Å². The summed E-state index contributed by atoms with van der Waals surface area (Å²) >= 11 is 21.1. The second-order valence-electron chi connectivity index (χ2n) is 1.64. The second kappa shape index (κ2) is 3.92. The highest BCUT2D eigenvalue weighted by Gasteiger charge is 2.11. The van der Waals surface area contributed by atoms with Gasteiger partial charge in [-0.15, -0.1) is 0 Å². The van der Waals surface area contributed by atoms with Crippen LogP contribution in [-0.2, 0) is 0 Å². The lowest BCUT2D eigenvalue weighted by Gasteiger charge is -2.02. The average molecular weight is 385 g/mol. The molecule has 0 saturated carbocycles. The Morgan fingerprint density at radius 3 is 1.64 bits per heavy atom. The fourth-order valence-corrected chi connectivity index (χ4v) is 2.68. The number of halogens is 5. The third kappa shape index (κ3) is 2.10. The van der Waals surface area contributed by atoms with Crippen molar-refractivity contribution in [1.82, 2.24) is 4.98 Å². The van der Waals surface area contributed by atoms with Crippen LogP contribution in [0.4, 0.5) is 0 Å². The van der Waals surface area contributed by atoms with Crippen molar-refractivity contribution < 1.29 is 0 Å². The molecule has 0 amide bonds. The van der Waals surface area contributed by atoms with Crippen molar-refractivity contribution >= 4 is 71.0 Å². The Morgan fingerprint density at radius 1 is 0.909 bits per heavy atom. The van der Waals surface area contributed by atoms with Gasteiger partial charge in [0.15, 0.2) is 0 Å². The molecule has 0 saturated heterocycles. The summed E-state index contributed by atoms with van der Waals surface area (Å²) in [7, 11) is 0. The van der Waals surface area contributed by atoms with E-state index in [0.29, 0.717) is 23.7 Å². The fraction of sp³-hybridized carbons (Fsp3) is 0. The lowest BCUT2D eigenvalue weighted by molar-refractivity contribution is 1.22. The van der Waals surface area contributed by atoms with Gasteiger partial charge in [0, 0.05) is 0 Å². The average Bonchev–Trinajstić information content (AvgIpc) is 1.97. The summed E-state index contributed by atoms with van der Waals surface area (Å²) in [6, 6.07) is 0. The van der Waals surface area contributed by atoms with E-state index in [9.17, 15) is 0 Å². The fourth-order valence-electron chi connectivity index (χ4n) is 0.462. The van der Waals surface area contributed by atoms with Gasteiger partial charge in [-0.3, -0.25) is 0 Å². The molecule has 1 aromatic rings. The Hall–Kier alpha value is 1.17. The topological polar surface area (TPSA) is 12.9 Å². The van der Waals surface area contributed by atoms with Crippen molar-refractivity contribution in [3.63, 3.8) is 0 Å². The van der Waals surface area contributed by atoms with Crippen molar-refractivity contribution in [3.05, 3.63) is 23.7 Å². The molecule has 0 unspecified atom stereocenters. The summed E-state index contributed by atoms with van der Waals surface area (Å²) in [6.07, 6.45) is 0. The van der Waals surface area contributed by atoms with E-state index in [4.69, 9.17) is 23.2 Å². The molecule has 1 nitrogen and oxygen atoms in total. The molecule has 0 aliphatic rings. The van der Waals surface area contributed by atoms with Crippen molar-refractivity contribution in [2.75, 3.05) is 0 Å². The summed E-state index contributed by atoms with van der Waals surface area (Å²) in [4.78, 5) is 3.97. The maximum Gasteiger partial charge on any atom is 0.127 e. The van der Waals surface area contributed by atoms with Crippen LogP contribution < -0.4 is 0 Å². The zero-order valence-electron chi connectivity index (χ0n) is 4.84.